The van der Waals surface area contributed by atoms with Gasteiger partial charge >= 0.3 is 0 Å². The van der Waals surface area contributed by atoms with E-state index in [1.807, 2.05) is 19.2 Å². The maximum atomic E-state index is 12.8. The van der Waals surface area contributed by atoms with Crippen molar-refractivity contribution in [2.24, 2.45) is 0 Å². The van der Waals surface area contributed by atoms with E-state index in [1.54, 1.807) is 35.5 Å². The highest BCUT2D eigenvalue weighted by molar-refractivity contribution is 7.09. The van der Waals surface area contributed by atoms with E-state index in [1.165, 1.54) is 11.3 Å². The molecule has 1 atom stereocenters. The summed E-state index contributed by atoms with van der Waals surface area (Å²) in [7, 11) is 0. The minimum absolute atomic E-state index is 0.130. The molecule has 1 aliphatic rings. The average Bonchev–Trinajstić information content (AvgIpc) is 3.16. The molecular weight excluding hydrogens is 314 g/mol. The van der Waals surface area contributed by atoms with Gasteiger partial charge in [-0.2, -0.15) is 0 Å². The van der Waals surface area contributed by atoms with Gasteiger partial charge in [0.2, 0.25) is 0 Å². The number of hydrogen-bond acceptors (Lipinski definition) is 6. The van der Waals surface area contributed by atoms with Crippen LogP contribution in [-0.4, -0.2) is 45.8 Å². The third-order valence-electron chi connectivity index (χ3n) is 3.47. The van der Waals surface area contributed by atoms with Gasteiger partial charge in [0.1, 0.15) is 16.8 Å². The van der Waals surface area contributed by atoms with Gasteiger partial charge in [-0.1, -0.05) is 6.07 Å². The molecule has 1 fully saturated rings. The van der Waals surface area contributed by atoms with Crippen molar-refractivity contribution in [3.05, 3.63) is 46.7 Å². The number of carbonyl (C=O) groups excluding carboxylic acids is 1. The van der Waals surface area contributed by atoms with Crippen LogP contribution >= 0.6 is 11.3 Å². The van der Waals surface area contributed by atoms with Gasteiger partial charge in [-0.25, -0.2) is 4.98 Å². The molecule has 0 aliphatic carbocycles. The number of nitrogens with zero attached hydrogens (tertiary/aromatic N) is 3. The Morgan fingerprint density at radius 3 is 2.87 bits per heavy atom. The summed E-state index contributed by atoms with van der Waals surface area (Å²) in [6.45, 7) is 5.10. The molecule has 2 aromatic rings. The lowest BCUT2D eigenvalue weighted by Gasteiger charge is -2.25. The maximum absolute atomic E-state index is 12.8. The van der Waals surface area contributed by atoms with Gasteiger partial charge < -0.3 is 14.4 Å². The van der Waals surface area contributed by atoms with E-state index in [2.05, 4.69) is 9.97 Å². The minimum atomic E-state index is -0.606. The Bertz CT molecular complexity index is 646. The quantitative estimate of drug-likeness (QED) is 0.840. The predicted molar refractivity (Wildman–Crippen MR) is 86.0 cm³/mol. The molecule has 0 aromatic carbocycles. The van der Waals surface area contributed by atoms with E-state index in [0.717, 1.165) is 5.01 Å². The first-order chi connectivity index (χ1) is 11.0. The number of aromatic nitrogens is 2. The summed E-state index contributed by atoms with van der Waals surface area (Å²) in [6.07, 6.45) is 3.20. The highest BCUT2D eigenvalue weighted by atomic mass is 32.1. The van der Waals surface area contributed by atoms with Gasteiger partial charge in [-0.3, -0.25) is 9.78 Å². The lowest BCUT2D eigenvalue weighted by atomic mass is 10.2. The summed E-state index contributed by atoms with van der Waals surface area (Å²) in [5.74, 6) is -0.736. The van der Waals surface area contributed by atoms with Crippen molar-refractivity contribution in [2.75, 3.05) is 13.2 Å². The Morgan fingerprint density at radius 2 is 2.26 bits per heavy atom. The summed E-state index contributed by atoms with van der Waals surface area (Å²) >= 11 is 1.52. The molecule has 0 N–H and O–H groups in total. The summed E-state index contributed by atoms with van der Waals surface area (Å²) in [4.78, 5) is 22.9. The van der Waals surface area contributed by atoms with Crippen LogP contribution in [0.1, 0.15) is 29.3 Å². The summed E-state index contributed by atoms with van der Waals surface area (Å²) < 4.78 is 11.4. The van der Waals surface area contributed by atoms with Gasteiger partial charge in [0, 0.05) is 17.8 Å². The molecule has 1 aliphatic heterocycles. The maximum Gasteiger partial charge on any atom is 0.272 e. The van der Waals surface area contributed by atoms with Gasteiger partial charge in [-0.15, -0.1) is 11.3 Å². The van der Waals surface area contributed by atoms with E-state index < -0.39 is 5.79 Å². The molecule has 0 radical (unpaired) electrons. The first-order valence-corrected chi connectivity index (χ1v) is 8.32. The van der Waals surface area contributed by atoms with Crippen LogP contribution in [0.2, 0.25) is 0 Å². The molecule has 0 spiro atoms. The Balaban J connectivity index is 1.75. The number of hydrogen-bond donors (Lipinski definition) is 0. The Kier molecular flexibility index (Phi) is 4.70. The average molecular weight is 333 g/mol. The molecule has 7 heteroatoms. The van der Waals surface area contributed by atoms with Crippen molar-refractivity contribution in [1.82, 2.24) is 14.9 Å². The molecule has 2 aromatic heterocycles. The fraction of sp³-hybridized carbons (Fsp3) is 0.438. The third-order valence-corrected chi connectivity index (χ3v) is 4.24. The minimum Gasteiger partial charge on any atom is -0.348 e. The number of thiazole rings is 1. The van der Waals surface area contributed by atoms with E-state index in [4.69, 9.17) is 9.47 Å². The van der Waals surface area contributed by atoms with Crippen LogP contribution in [0.5, 0.6) is 0 Å². The zero-order valence-corrected chi connectivity index (χ0v) is 14.0. The lowest BCUT2D eigenvalue weighted by molar-refractivity contribution is -0.139. The molecule has 0 bridgehead atoms. The lowest BCUT2D eigenvalue weighted by Crippen LogP contribution is -2.39. The number of pyridine rings is 1. The van der Waals surface area contributed by atoms with Crippen LogP contribution in [0.3, 0.4) is 0 Å². The van der Waals surface area contributed by atoms with Crippen molar-refractivity contribution in [2.45, 2.75) is 32.3 Å². The number of ether oxygens (including phenoxy) is 2. The summed E-state index contributed by atoms with van der Waals surface area (Å²) in [5, 5.41) is 2.78. The fourth-order valence-electron chi connectivity index (χ4n) is 2.46. The Morgan fingerprint density at radius 1 is 1.39 bits per heavy atom. The molecule has 1 saturated heterocycles. The number of rotatable bonds is 5. The molecule has 122 valence electrons. The van der Waals surface area contributed by atoms with Crippen LogP contribution in [0.25, 0.3) is 0 Å². The van der Waals surface area contributed by atoms with Crippen molar-refractivity contribution in [3.8, 4) is 0 Å². The molecular formula is C16H19N3O3S. The zero-order chi connectivity index (χ0) is 16.3. The molecule has 0 unspecified atom stereocenters. The third kappa shape index (κ3) is 4.13. The van der Waals surface area contributed by atoms with E-state index in [0.29, 0.717) is 25.4 Å². The van der Waals surface area contributed by atoms with Gasteiger partial charge in [0.25, 0.3) is 5.91 Å². The second-order valence-electron chi connectivity index (χ2n) is 5.78. The molecule has 3 heterocycles. The second-order valence-corrected chi connectivity index (χ2v) is 6.76. The smallest absolute Gasteiger partial charge is 0.272 e. The largest absolute Gasteiger partial charge is 0.348 e. The van der Waals surface area contributed by atoms with Crippen molar-refractivity contribution < 1.29 is 14.3 Å². The summed E-state index contributed by atoms with van der Waals surface area (Å²) in [5.41, 5.74) is 0.419. The molecule has 1 amide bonds. The first-order valence-electron chi connectivity index (χ1n) is 7.44. The molecule has 0 saturated carbocycles. The monoisotopic (exact) mass is 333 g/mol. The second kappa shape index (κ2) is 6.74. The number of carbonyl (C=O) groups is 1. The van der Waals surface area contributed by atoms with Crippen LogP contribution < -0.4 is 0 Å². The highest BCUT2D eigenvalue weighted by Gasteiger charge is 2.35. The van der Waals surface area contributed by atoms with Crippen LogP contribution in [0.15, 0.2) is 36.0 Å². The van der Waals surface area contributed by atoms with Gasteiger partial charge in [0.15, 0.2) is 5.79 Å². The highest BCUT2D eigenvalue weighted by Crippen LogP contribution is 2.24. The standard InChI is InChI=1S/C16H19N3O3S/c1-16(2)21-11-12(22-16)9-19(10-14-18-7-8-23-14)15(20)13-5-3-4-6-17-13/h3-8,12H,9-11H2,1-2H3/t12-/m1/s1. The topological polar surface area (TPSA) is 64.5 Å². The van der Waals surface area contributed by atoms with E-state index in [9.17, 15) is 4.79 Å². The van der Waals surface area contributed by atoms with Gasteiger partial charge in [0.05, 0.1) is 19.7 Å². The zero-order valence-electron chi connectivity index (χ0n) is 13.1. The SMILES string of the molecule is CC1(C)OC[C@@H](CN(Cc2nccs2)C(=O)c2ccccn2)O1. The normalized spacial score (nSPS) is 19.7. The van der Waals surface area contributed by atoms with Crippen LogP contribution in [0.4, 0.5) is 0 Å². The van der Waals surface area contributed by atoms with Crippen LogP contribution in [0, 0.1) is 0 Å². The summed E-state index contributed by atoms with van der Waals surface area (Å²) in [6, 6.07) is 5.31. The van der Waals surface area contributed by atoms with Crippen molar-refractivity contribution in [1.29, 1.82) is 0 Å². The first kappa shape index (κ1) is 16.0. The van der Waals surface area contributed by atoms with E-state index >= 15 is 0 Å². The van der Waals surface area contributed by atoms with Gasteiger partial charge in [-0.05, 0) is 26.0 Å². The Hall–Kier alpha value is -1.83. The molecule has 6 nitrogen and oxygen atoms in total. The van der Waals surface area contributed by atoms with Crippen LogP contribution in [-0.2, 0) is 16.0 Å². The predicted octanol–water partition coefficient (Wildman–Crippen LogP) is 2.33. The molecule has 23 heavy (non-hydrogen) atoms. The van der Waals surface area contributed by atoms with Crippen molar-refractivity contribution >= 4 is 17.2 Å². The number of amides is 1. The van der Waals surface area contributed by atoms with E-state index in [-0.39, 0.29) is 12.0 Å². The molecule has 3 rings (SSSR count). The van der Waals surface area contributed by atoms with Crippen molar-refractivity contribution in [3.63, 3.8) is 0 Å². The fourth-order valence-corrected chi connectivity index (χ4v) is 3.09. The Labute approximate surface area is 139 Å².